The zero-order valence-corrected chi connectivity index (χ0v) is 13.4. The number of hydrogen-bond acceptors (Lipinski definition) is 6. The first-order valence-electron chi connectivity index (χ1n) is 7.57. The van der Waals surface area contributed by atoms with E-state index in [1.807, 2.05) is 0 Å². The number of rotatable bonds is 6. The molecular weight excluding hydrogens is 276 g/mol. The van der Waals surface area contributed by atoms with Gasteiger partial charge in [0.2, 0.25) is 11.9 Å². The van der Waals surface area contributed by atoms with Gasteiger partial charge in [-0.25, -0.2) is 0 Å². The van der Waals surface area contributed by atoms with E-state index in [0.29, 0.717) is 18.3 Å². The summed E-state index contributed by atoms with van der Waals surface area (Å²) in [6.07, 6.45) is 1.05. The van der Waals surface area contributed by atoms with Gasteiger partial charge in [-0.05, 0) is 23.5 Å². The van der Waals surface area contributed by atoms with Gasteiger partial charge in [-0.15, -0.1) is 0 Å². The van der Waals surface area contributed by atoms with Crippen LogP contribution in [0.25, 0.3) is 0 Å². The summed E-state index contributed by atoms with van der Waals surface area (Å²) in [4.78, 5) is 12.0. The lowest BCUT2D eigenvalue weighted by Crippen LogP contribution is -2.26. The number of nitrogens with one attached hydrogen (secondary N) is 1. The summed E-state index contributed by atoms with van der Waals surface area (Å²) in [5.74, 6) is 1.29. The summed E-state index contributed by atoms with van der Waals surface area (Å²) in [5, 5.41) is 3.48. The largest absolute Gasteiger partial charge is 0.368 e. The molecule has 1 heterocycles. The Hall–Kier alpha value is -2.21. The van der Waals surface area contributed by atoms with Crippen molar-refractivity contribution in [2.24, 2.45) is 5.92 Å². The molecule has 0 amide bonds. The Morgan fingerprint density at radius 3 is 2.09 bits per heavy atom. The molecule has 2 rings (SSSR count). The van der Waals surface area contributed by atoms with Crippen LogP contribution in [0.15, 0.2) is 24.3 Å². The summed E-state index contributed by atoms with van der Waals surface area (Å²) in [6, 6.07) is 8.90. The minimum Gasteiger partial charge on any atom is -0.368 e. The maximum Gasteiger partial charge on any atom is 0.225 e. The van der Waals surface area contributed by atoms with E-state index in [9.17, 15) is 0 Å². The number of benzene rings is 1. The zero-order chi connectivity index (χ0) is 16.1. The predicted octanol–water partition coefficient (Wildman–Crippen LogP) is 2.09. The van der Waals surface area contributed by atoms with Gasteiger partial charge in [0.15, 0.2) is 0 Å². The molecule has 0 aliphatic heterocycles. The highest BCUT2D eigenvalue weighted by molar-refractivity contribution is 5.27. The van der Waals surface area contributed by atoms with Crippen molar-refractivity contribution < 1.29 is 0 Å². The van der Waals surface area contributed by atoms with E-state index < -0.39 is 0 Å². The number of aryl methyl sites for hydroxylation is 1. The van der Waals surface area contributed by atoms with Crippen LogP contribution in [-0.2, 0) is 13.0 Å². The standard InChI is InChI=1S/C16H24N6/c1-4-11-5-7-12(8-6-11)14(10(2)3)19-9-13-20-15(17)22-16(18)21-13/h5-8,10,14,19H,4,9H2,1-3H3,(H4,17,18,20,21,22)/t14-/m0/s1. The summed E-state index contributed by atoms with van der Waals surface area (Å²) < 4.78 is 0. The van der Waals surface area contributed by atoms with Gasteiger partial charge in [-0.1, -0.05) is 45.0 Å². The third-order valence-corrected chi connectivity index (χ3v) is 3.61. The smallest absolute Gasteiger partial charge is 0.225 e. The molecule has 0 aliphatic rings. The van der Waals surface area contributed by atoms with Crippen LogP contribution < -0.4 is 16.8 Å². The third kappa shape index (κ3) is 4.14. The fourth-order valence-electron chi connectivity index (χ4n) is 2.44. The Kier molecular flexibility index (Phi) is 5.27. The Labute approximate surface area is 131 Å². The second kappa shape index (κ2) is 7.17. The van der Waals surface area contributed by atoms with Gasteiger partial charge in [0.1, 0.15) is 5.82 Å². The van der Waals surface area contributed by atoms with Crippen LogP contribution in [0.3, 0.4) is 0 Å². The third-order valence-electron chi connectivity index (χ3n) is 3.61. The molecule has 6 nitrogen and oxygen atoms in total. The molecule has 0 unspecified atom stereocenters. The van der Waals surface area contributed by atoms with Crippen LogP contribution in [0.4, 0.5) is 11.9 Å². The van der Waals surface area contributed by atoms with Gasteiger partial charge in [0.05, 0.1) is 6.54 Å². The lowest BCUT2D eigenvalue weighted by molar-refractivity contribution is 0.406. The Morgan fingerprint density at radius 2 is 1.59 bits per heavy atom. The second-order valence-electron chi connectivity index (χ2n) is 5.67. The highest BCUT2D eigenvalue weighted by Gasteiger charge is 2.16. The maximum atomic E-state index is 5.60. The number of anilines is 2. The summed E-state index contributed by atoms with van der Waals surface area (Å²) in [7, 11) is 0. The lowest BCUT2D eigenvalue weighted by Gasteiger charge is -2.23. The van der Waals surface area contributed by atoms with E-state index >= 15 is 0 Å². The van der Waals surface area contributed by atoms with Crippen LogP contribution in [0.2, 0.25) is 0 Å². The van der Waals surface area contributed by atoms with Crippen molar-refractivity contribution in [2.75, 3.05) is 11.5 Å². The molecule has 22 heavy (non-hydrogen) atoms. The SMILES string of the molecule is CCc1ccc([C@@H](NCc2nc(N)nc(N)n2)C(C)C)cc1. The van der Waals surface area contributed by atoms with E-state index in [1.165, 1.54) is 11.1 Å². The molecule has 0 saturated heterocycles. The zero-order valence-electron chi connectivity index (χ0n) is 13.4. The number of nitrogens with zero attached hydrogens (tertiary/aromatic N) is 3. The van der Waals surface area contributed by atoms with Crippen molar-refractivity contribution in [1.82, 2.24) is 20.3 Å². The first kappa shape index (κ1) is 16.2. The average Bonchev–Trinajstić information content (AvgIpc) is 2.47. The number of nitrogen functional groups attached to an aromatic ring is 2. The van der Waals surface area contributed by atoms with Crippen LogP contribution in [0, 0.1) is 5.92 Å². The van der Waals surface area contributed by atoms with E-state index in [1.54, 1.807) is 0 Å². The molecule has 0 saturated carbocycles. The Balaban J connectivity index is 2.11. The van der Waals surface area contributed by atoms with Crippen molar-refractivity contribution in [2.45, 2.75) is 39.8 Å². The van der Waals surface area contributed by atoms with Gasteiger partial charge >= 0.3 is 0 Å². The number of aromatic nitrogens is 3. The highest BCUT2D eigenvalue weighted by atomic mass is 15.2. The molecule has 0 radical (unpaired) electrons. The monoisotopic (exact) mass is 300 g/mol. The topological polar surface area (TPSA) is 103 Å². The molecule has 1 aromatic carbocycles. The van der Waals surface area contributed by atoms with Gasteiger partial charge < -0.3 is 16.8 Å². The lowest BCUT2D eigenvalue weighted by atomic mass is 9.95. The van der Waals surface area contributed by atoms with E-state index in [4.69, 9.17) is 11.5 Å². The molecule has 0 spiro atoms. The number of nitrogens with two attached hydrogens (primary N) is 2. The molecule has 1 aromatic heterocycles. The molecule has 0 bridgehead atoms. The van der Waals surface area contributed by atoms with Gasteiger partial charge in [0, 0.05) is 6.04 Å². The normalized spacial score (nSPS) is 12.5. The van der Waals surface area contributed by atoms with Crippen molar-refractivity contribution >= 4 is 11.9 Å². The second-order valence-corrected chi connectivity index (χ2v) is 5.67. The molecule has 5 N–H and O–H groups in total. The fraction of sp³-hybridized carbons (Fsp3) is 0.438. The maximum absolute atomic E-state index is 5.60. The fourth-order valence-corrected chi connectivity index (χ4v) is 2.44. The van der Waals surface area contributed by atoms with Gasteiger partial charge in [-0.3, -0.25) is 0 Å². The molecule has 1 atom stereocenters. The summed E-state index contributed by atoms with van der Waals surface area (Å²) >= 11 is 0. The van der Waals surface area contributed by atoms with E-state index in [2.05, 4.69) is 65.3 Å². The van der Waals surface area contributed by atoms with E-state index in [0.717, 1.165) is 6.42 Å². The van der Waals surface area contributed by atoms with Crippen molar-refractivity contribution in [3.63, 3.8) is 0 Å². The quantitative estimate of drug-likeness (QED) is 0.755. The van der Waals surface area contributed by atoms with Crippen molar-refractivity contribution in [3.05, 3.63) is 41.2 Å². The molecule has 118 valence electrons. The van der Waals surface area contributed by atoms with Gasteiger partial charge in [-0.2, -0.15) is 15.0 Å². The predicted molar refractivity (Wildman–Crippen MR) is 88.9 cm³/mol. The molecular formula is C16H24N6. The minimum absolute atomic E-state index is 0.151. The molecule has 0 aliphatic carbocycles. The van der Waals surface area contributed by atoms with Crippen LogP contribution in [0.1, 0.15) is 43.8 Å². The average molecular weight is 300 g/mol. The highest BCUT2D eigenvalue weighted by Crippen LogP contribution is 2.22. The van der Waals surface area contributed by atoms with Crippen LogP contribution >= 0.6 is 0 Å². The first-order chi connectivity index (χ1) is 10.5. The first-order valence-corrected chi connectivity index (χ1v) is 7.57. The molecule has 0 fully saturated rings. The molecule has 6 heteroatoms. The Morgan fingerprint density at radius 1 is 1.00 bits per heavy atom. The Bertz CT molecular complexity index is 588. The van der Waals surface area contributed by atoms with Crippen molar-refractivity contribution in [3.8, 4) is 0 Å². The summed E-state index contributed by atoms with van der Waals surface area (Å²) in [5.41, 5.74) is 13.8. The minimum atomic E-state index is 0.151. The van der Waals surface area contributed by atoms with E-state index in [-0.39, 0.29) is 17.9 Å². The van der Waals surface area contributed by atoms with Gasteiger partial charge in [0.25, 0.3) is 0 Å². The number of hydrogen-bond donors (Lipinski definition) is 3. The molecule has 2 aromatic rings. The van der Waals surface area contributed by atoms with Crippen molar-refractivity contribution in [1.29, 1.82) is 0 Å². The van der Waals surface area contributed by atoms with Crippen LogP contribution in [0.5, 0.6) is 0 Å². The van der Waals surface area contributed by atoms with Crippen LogP contribution in [-0.4, -0.2) is 15.0 Å². The summed E-state index contributed by atoms with van der Waals surface area (Å²) in [6.45, 7) is 7.02.